The molecule has 9 heavy (non-hydrogen) atoms. The van der Waals surface area contributed by atoms with Crippen LogP contribution in [0.25, 0.3) is 0 Å². The highest BCUT2D eigenvalue weighted by Gasteiger charge is 2.00. The molecular weight excluding hydrogens is 120 g/mol. The van der Waals surface area contributed by atoms with Gasteiger partial charge in [0.05, 0.1) is 7.11 Å². The second-order valence-electron chi connectivity index (χ2n) is 1.28. The van der Waals surface area contributed by atoms with Gasteiger partial charge in [-0.2, -0.15) is 0 Å². The number of allylic oxidation sites excluding steroid dienone is 1. The Balaban J connectivity index is 4.01. The summed E-state index contributed by atoms with van der Waals surface area (Å²) in [6.07, 6.45) is 2.08. The molecule has 0 bridgehead atoms. The Hall–Kier alpha value is -1.32. The third-order valence-corrected chi connectivity index (χ3v) is 0.684. The molecule has 0 aliphatic heterocycles. The van der Waals surface area contributed by atoms with Crippen molar-refractivity contribution in [3.63, 3.8) is 0 Å². The van der Waals surface area contributed by atoms with Gasteiger partial charge in [-0.3, -0.25) is 0 Å². The molecule has 0 saturated carbocycles. The van der Waals surface area contributed by atoms with Gasteiger partial charge in [0.15, 0.2) is 0 Å². The van der Waals surface area contributed by atoms with Crippen LogP contribution in [0.5, 0.6) is 0 Å². The predicted molar refractivity (Wildman–Crippen MR) is 33.1 cm³/mol. The van der Waals surface area contributed by atoms with E-state index < -0.39 is 5.97 Å². The van der Waals surface area contributed by atoms with Crippen molar-refractivity contribution in [2.45, 2.75) is 0 Å². The van der Waals surface area contributed by atoms with E-state index in [9.17, 15) is 4.79 Å². The highest BCUT2D eigenvalue weighted by atomic mass is 16.5. The van der Waals surface area contributed by atoms with Crippen LogP contribution in [0, 0.1) is 5.41 Å². The lowest BCUT2D eigenvalue weighted by atomic mass is 10.4. The molecule has 0 amide bonds. The second-order valence-corrected chi connectivity index (χ2v) is 1.28. The molecule has 0 saturated heterocycles. The minimum atomic E-state index is -0.612. The molecule has 0 rings (SSSR count). The molecule has 0 aromatic carbocycles. The number of ether oxygens (including phenoxy) is 1. The van der Waals surface area contributed by atoms with Gasteiger partial charge in [-0.15, -0.1) is 0 Å². The number of hydrogen-bond acceptors (Lipinski definition) is 4. The number of esters is 1. The molecule has 0 fully saturated rings. The SMILES string of the molecule is COC(=O)C(N)=CC=N. The Kier molecular flexibility index (Phi) is 3.12. The van der Waals surface area contributed by atoms with Crippen LogP contribution >= 0.6 is 0 Å². The van der Waals surface area contributed by atoms with Crippen LogP contribution in [0.15, 0.2) is 11.8 Å². The fraction of sp³-hybridized carbons (Fsp3) is 0.200. The van der Waals surface area contributed by atoms with Crippen molar-refractivity contribution in [3.05, 3.63) is 11.8 Å². The van der Waals surface area contributed by atoms with Crippen LogP contribution in [-0.2, 0) is 9.53 Å². The third-order valence-electron chi connectivity index (χ3n) is 0.684. The Morgan fingerprint density at radius 1 is 1.78 bits per heavy atom. The van der Waals surface area contributed by atoms with Crippen molar-refractivity contribution >= 4 is 12.2 Å². The van der Waals surface area contributed by atoms with E-state index in [2.05, 4.69) is 4.74 Å². The maximum Gasteiger partial charge on any atom is 0.353 e. The zero-order valence-electron chi connectivity index (χ0n) is 5.05. The van der Waals surface area contributed by atoms with Crippen LogP contribution in [-0.4, -0.2) is 19.3 Å². The number of rotatable bonds is 2. The lowest BCUT2D eigenvalue weighted by Crippen LogP contribution is -2.12. The molecule has 0 radical (unpaired) electrons. The van der Waals surface area contributed by atoms with Crippen LogP contribution in [0.4, 0.5) is 0 Å². The number of carbonyl (C=O) groups excluding carboxylic acids is 1. The molecule has 3 N–H and O–H groups in total. The van der Waals surface area contributed by atoms with Crippen molar-refractivity contribution in [2.24, 2.45) is 5.73 Å². The van der Waals surface area contributed by atoms with Gasteiger partial charge >= 0.3 is 5.97 Å². The normalized spacial score (nSPS) is 10.6. The molecule has 50 valence electrons. The molecule has 0 atom stereocenters. The highest BCUT2D eigenvalue weighted by molar-refractivity contribution is 5.91. The van der Waals surface area contributed by atoms with Crippen LogP contribution in [0.3, 0.4) is 0 Å². The largest absolute Gasteiger partial charge is 0.464 e. The zero-order valence-corrected chi connectivity index (χ0v) is 5.05. The van der Waals surface area contributed by atoms with Crippen molar-refractivity contribution < 1.29 is 9.53 Å². The summed E-state index contributed by atoms with van der Waals surface area (Å²) in [5, 5.41) is 6.51. The summed E-state index contributed by atoms with van der Waals surface area (Å²) in [7, 11) is 1.23. The fourth-order valence-corrected chi connectivity index (χ4v) is 0.276. The maximum atomic E-state index is 10.4. The van der Waals surface area contributed by atoms with Gasteiger partial charge in [0.1, 0.15) is 5.70 Å². The van der Waals surface area contributed by atoms with Gasteiger partial charge in [-0.05, 0) is 6.08 Å². The number of carbonyl (C=O) groups is 1. The molecule has 4 heteroatoms. The van der Waals surface area contributed by atoms with E-state index in [4.69, 9.17) is 11.1 Å². The summed E-state index contributed by atoms with van der Waals surface area (Å²) in [4.78, 5) is 10.4. The van der Waals surface area contributed by atoms with Crippen molar-refractivity contribution in [1.29, 1.82) is 5.41 Å². The van der Waals surface area contributed by atoms with E-state index >= 15 is 0 Å². The summed E-state index contributed by atoms with van der Waals surface area (Å²) >= 11 is 0. The van der Waals surface area contributed by atoms with Crippen LogP contribution in [0.1, 0.15) is 0 Å². The van der Waals surface area contributed by atoms with Crippen molar-refractivity contribution in [3.8, 4) is 0 Å². The summed E-state index contributed by atoms with van der Waals surface area (Å²) < 4.78 is 4.23. The van der Waals surface area contributed by atoms with Gasteiger partial charge in [0, 0.05) is 6.21 Å². The first-order chi connectivity index (χ1) is 4.22. The van der Waals surface area contributed by atoms with E-state index in [0.29, 0.717) is 0 Å². The summed E-state index contributed by atoms with van der Waals surface area (Å²) in [5.41, 5.74) is 5.01. The summed E-state index contributed by atoms with van der Waals surface area (Å²) in [5.74, 6) is -0.612. The minimum absolute atomic E-state index is 0.0625. The van der Waals surface area contributed by atoms with E-state index in [1.165, 1.54) is 7.11 Å². The molecule has 0 spiro atoms. The van der Waals surface area contributed by atoms with Crippen molar-refractivity contribution in [2.75, 3.05) is 7.11 Å². The second kappa shape index (κ2) is 3.65. The first kappa shape index (κ1) is 7.68. The fourth-order valence-electron chi connectivity index (χ4n) is 0.276. The number of nitrogens with one attached hydrogen (secondary N) is 1. The zero-order chi connectivity index (χ0) is 7.28. The monoisotopic (exact) mass is 128 g/mol. The van der Waals surface area contributed by atoms with Gasteiger partial charge in [0.2, 0.25) is 0 Å². The number of nitrogens with two attached hydrogens (primary N) is 1. The standard InChI is InChI=1S/C5H8N2O2/c1-9-5(8)4(7)2-3-6/h2-3,6H,7H2,1H3. The average molecular weight is 128 g/mol. The average Bonchev–Trinajstić information content (AvgIpc) is 1.87. The van der Waals surface area contributed by atoms with Gasteiger partial charge in [0.25, 0.3) is 0 Å². The molecule has 4 nitrogen and oxygen atoms in total. The minimum Gasteiger partial charge on any atom is -0.464 e. The summed E-state index contributed by atoms with van der Waals surface area (Å²) in [6.45, 7) is 0. The Labute approximate surface area is 52.8 Å². The van der Waals surface area contributed by atoms with E-state index in [0.717, 1.165) is 12.3 Å². The smallest absolute Gasteiger partial charge is 0.353 e. The first-order valence-electron chi connectivity index (χ1n) is 2.27. The third kappa shape index (κ3) is 2.48. The molecular formula is C5H8N2O2. The first-order valence-corrected chi connectivity index (χ1v) is 2.27. The lowest BCUT2D eigenvalue weighted by Gasteiger charge is -1.94. The Bertz CT molecular complexity index is 151. The van der Waals surface area contributed by atoms with Crippen LogP contribution < -0.4 is 5.73 Å². The van der Waals surface area contributed by atoms with Crippen molar-refractivity contribution in [1.82, 2.24) is 0 Å². The molecule has 0 aromatic heterocycles. The highest BCUT2D eigenvalue weighted by Crippen LogP contribution is 1.83. The molecule has 0 aromatic rings. The Morgan fingerprint density at radius 3 is 2.67 bits per heavy atom. The van der Waals surface area contributed by atoms with Gasteiger partial charge in [-0.25, -0.2) is 4.79 Å². The van der Waals surface area contributed by atoms with Crippen LogP contribution in [0.2, 0.25) is 0 Å². The Morgan fingerprint density at radius 2 is 2.33 bits per heavy atom. The van der Waals surface area contributed by atoms with E-state index in [1.807, 2.05) is 0 Å². The van der Waals surface area contributed by atoms with Gasteiger partial charge in [-0.1, -0.05) is 0 Å². The molecule has 0 heterocycles. The topological polar surface area (TPSA) is 76.2 Å². The maximum absolute atomic E-state index is 10.4. The molecule has 0 aliphatic carbocycles. The summed E-state index contributed by atoms with van der Waals surface area (Å²) in [6, 6.07) is 0. The van der Waals surface area contributed by atoms with Gasteiger partial charge < -0.3 is 15.9 Å². The number of hydrogen-bond donors (Lipinski definition) is 2. The molecule has 0 unspecified atom stereocenters. The number of methoxy groups -OCH3 is 1. The van der Waals surface area contributed by atoms with E-state index in [1.54, 1.807) is 0 Å². The lowest BCUT2D eigenvalue weighted by molar-refractivity contribution is -0.136. The quantitative estimate of drug-likeness (QED) is 0.303. The molecule has 0 aliphatic rings. The van der Waals surface area contributed by atoms with E-state index in [-0.39, 0.29) is 5.70 Å². The predicted octanol–water partition coefficient (Wildman–Crippen LogP) is -0.348.